The van der Waals surface area contributed by atoms with Crippen LogP contribution >= 0.6 is 11.3 Å². The number of nitrogens with zero attached hydrogens (tertiary/aromatic N) is 2. The fraction of sp³-hybridized carbons (Fsp3) is 0.231. The van der Waals surface area contributed by atoms with Crippen LogP contribution in [0.4, 0.5) is 19.5 Å². The summed E-state index contributed by atoms with van der Waals surface area (Å²) in [7, 11) is -2.22. The average molecular weight is 438 g/mol. The number of sulfonamides is 1. The Labute approximate surface area is 160 Å². The van der Waals surface area contributed by atoms with Crippen LogP contribution < -0.4 is 19.5 Å². The van der Waals surface area contributed by atoms with Crippen molar-refractivity contribution in [3.05, 3.63) is 22.4 Å². The molecule has 0 bridgehead atoms. The van der Waals surface area contributed by atoms with Crippen molar-refractivity contribution in [2.45, 2.75) is 11.5 Å². The number of hydrogen-bond donors (Lipinski definition) is 2. The number of urea groups is 1. The Morgan fingerprint density at radius 3 is 2.46 bits per heavy atom. The van der Waals surface area contributed by atoms with E-state index in [1.165, 1.54) is 12.5 Å². The van der Waals surface area contributed by atoms with Crippen LogP contribution in [0.2, 0.25) is 0 Å². The molecule has 2 amide bonds. The first-order valence-electron chi connectivity index (χ1n) is 7.02. The number of aromatic nitrogens is 2. The molecule has 0 aromatic carbocycles. The fourth-order valence-electron chi connectivity index (χ4n) is 1.77. The number of anilines is 1. The minimum atomic E-state index is -4.46. The van der Waals surface area contributed by atoms with Crippen molar-refractivity contribution in [2.24, 2.45) is 0 Å². The number of thiophene rings is 1. The van der Waals surface area contributed by atoms with Crippen LogP contribution in [0.3, 0.4) is 0 Å². The summed E-state index contributed by atoms with van der Waals surface area (Å²) >= 11 is 0.900. The van der Waals surface area contributed by atoms with Gasteiger partial charge >= 0.3 is 18.6 Å². The van der Waals surface area contributed by atoms with Crippen molar-refractivity contribution in [3.63, 3.8) is 0 Å². The first kappa shape index (κ1) is 21.2. The summed E-state index contributed by atoms with van der Waals surface area (Å²) in [5.41, 5.74) is -0.266. The lowest BCUT2D eigenvalue weighted by Crippen LogP contribution is -2.35. The smallest absolute Gasteiger partial charge is 0.388 e. The maximum atomic E-state index is 12.3. The van der Waals surface area contributed by atoms with Gasteiger partial charge < -0.3 is 14.2 Å². The number of esters is 1. The molecule has 2 aromatic heterocycles. The third kappa shape index (κ3) is 5.23. The van der Waals surface area contributed by atoms with Crippen LogP contribution in [0.25, 0.3) is 0 Å². The van der Waals surface area contributed by atoms with Crippen LogP contribution in [-0.2, 0) is 14.8 Å². The summed E-state index contributed by atoms with van der Waals surface area (Å²) in [5.74, 6) is -2.33. The van der Waals surface area contributed by atoms with Gasteiger partial charge in [-0.15, -0.1) is 0 Å². The van der Waals surface area contributed by atoms with Crippen molar-refractivity contribution < 1.29 is 41.0 Å². The highest BCUT2D eigenvalue weighted by Crippen LogP contribution is 2.22. The number of carbonyl (C=O) groups excluding carboxylic acids is 2. The molecular formula is C13H12F2N4O7S2. The monoisotopic (exact) mass is 438 g/mol. The van der Waals surface area contributed by atoms with E-state index < -0.39 is 45.4 Å². The summed E-state index contributed by atoms with van der Waals surface area (Å²) in [5, 5.41) is 4.30. The van der Waals surface area contributed by atoms with Crippen molar-refractivity contribution in [3.8, 4) is 11.8 Å². The van der Waals surface area contributed by atoms with E-state index in [0.29, 0.717) is 0 Å². The molecule has 0 aliphatic heterocycles. The molecule has 0 atom stereocenters. The van der Waals surface area contributed by atoms with E-state index in [4.69, 9.17) is 4.74 Å². The Hall–Kier alpha value is -3.07. The topological polar surface area (TPSA) is 146 Å². The Morgan fingerprint density at radius 2 is 1.86 bits per heavy atom. The molecule has 0 saturated heterocycles. The third-order valence-electron chi connectivity index (χ3n) is 2.87. The van der Waals surface area contributed by atoms with Gasteiger partial charge in [-0.25, -0.2) is 22.7 Å². The number of ether oxygens (including phenoxy) is 3. The summed E-state index contributed by atoms with van der Waals surface area (Å²) in [6.45, 7) is -3.20. The summed E-state index contributed by atoms with van der Waals surface area (Å²) in [6, 6.07) is -0.391. The molecule has 11 nitrogen and oxygen atoms in total. The lowest BCUT2D eigenvalue weighted by atomic mass is 10.3. The van der Waals surface area contributed by atoms with Gasteiger partial charge in [0.2, 0.25) is 17.7 Å². The molecule has 28 heavy (non-hydrogen) atoms. The maximum Gasteiger partial charge on any atom is 0.388 e. The zero-order valence-electron chi connectivity index (χ0n) is 14.1. The van der Waals surface area contributed by atoms with Gasteiger partial charge in [0.05, 0.1) is 25.8 Å². The number of nitrogens with one attached hydrogen (secondary N) is 2. The molecule has 0 unspecified atom stereocenters. The van der Waals surface area contributed by atoms with Gasteiger partial charge in [-0.05, 0) is 0 Å². The Balaban J connectivity index is 2.20. The van der Waals surface area contributed by atoms with E-state index in [1.54, 1.807) is 4.72 Å². The molecule has 0 saturated carbocycles. The second-order valence-electron chi connectivity index (χ2n) is 4.65. The average Bonchev–Trinajstić information content (AvgIpc) is 3.10. The normalized spacial score (nSPS) is 11.0. The molecule has 15 heteroatoms. The predicted molar refractivity (Wildman–Crippen MR) is 90.2 cm³/mol. The molecule has 2 rings (SSSR count). The van der Waals surface area contributed by atoms with E-state index in [9.17, 15) is 26.8 Å². The zero-order chi connectivity index (χ0) is 20.9. The number of alkyl halides is 2. The first-order chi connectivity index (χ1) is 13.2. The molecule has 2 N–H and O–H groups in total. The minimum Gasteiger partial charge on any atom is -0.481 e. The second kappa shape index (κ2) is 8.75. The van der Waals surface area contributed by atoms with Crippen LogP contribution in [-0.4, -0.2) is 51.2 Å². The SMILES string of the molecule is COC(=O)c1cscc1S(=O)(=O)NC(=O)Nc1nc(OC)cc(OC(F)F)n1. The van der Waals surface area contributed by atoms with E-state index in [-0.39, 0.29) is 11.4 Å². The molecule has 0 fully saturated rings. The molecule has 2 aromatic rings. The summed E-state index contributed by atoms with van der Waals surface area (Å²) in [4.78, 5) is 30.2. The van der Waals surface area contributed by atoms with Gasteiger partial charge in [0.25, 0.3) is 10.0 Å². The number of amides is 2. The van der Waals surface area contributed by atoms with E-state index in [1.807, 2.05) is 5.32 Å². The largest absolute Gasteiger partial charge is 0.481 e. The minimum absolute atomic E-state index is 0.227. The molecule has 0 radical (unpaired) electrons. The Bertz CT molecular complexity index is 981. The lowest BCUT2D eigenvalue weighted by Gasteiger charge is -2.10. The van der Waals surface area contributed by atoms with E-state index >= 15 is 0 Å². The zero-order valence-corrected chi connectivity index (χ0v) is 15.8. The number of methoxy groups -OCH3 is 2. The standard InChI is InChI=1S/C13H12F2N4O7S2/c1-24-8-3-9(26-11(14)15)17-12(16-8)18-13(21)19-28(22,23)7-5-27-4-6(7)10(20)25-2/h3-5,11H,1-2H3,(H2,16,17,18,19,21). The number of carbonyl (C=O) groups is 2. The predicted octanol–water partition coefficient (Wildman–Crippen LogP) is 1.45. The van der Waals surface area contributed by atoms with Crippen molar-refractivity contribution in [1.29, 1.82) is 0 Å². The van der Waals surface area contributed by atoms with Crippen LogP contribution in [0.15, 0.2) is 21.7 Å². The second-order valence-corrected chi connectivity index (χ2v) is 7.05. The highest BCUT2D eigenvalue weighted by molar-refractivity contribution is 7.90. The highest BCUT2D eigenvalue weighted by atomic mass is 32.2. The van der Waals surface area contributed by atoms with E-state index in [0.717, 1.165) is 29.9 Å². The third-order valence-corrected chi connectivity index (χ3v) is 5.14. The van der Waals surface area contributed by atoms with Crippen molar-refractivity contribution in [1.82, 2.24) is 14.7 Å². The van der Waals surface area contributed by atoms with Crippen molar-refractivity contribution >= 4 is 39.3 Å². The number of hydrogen-bond acceptors (Lipinski definition) is 10. The Morgan fingerprint density at radius 1 is 1.18 bits per heavy atom. The maximum absolute atomic E-state index is 12.3. The van der Waals surface area contributed by atoms with Crippen LogP contribution in [0.5, 0.6) is 11.8 Å². The molecule has 0 spiro atoms. The Kier molecular flexibility index (Phi) is 6.63. The molecule has 0 aliphatic carbocycles. The first-order valence-corrected chi connectivity index (χ1v) is 9.45. The summed E-state index contributed by atoms with van der Waals surface area (Å²) in [6.07, 6.45) is 0. The van der Waals surface area contributed by atoms with Gasteiger partial charge in [0, 0.05) is 10.8 Å². The molecule has 0 aliphatic rings. The number of rotatable bonds is 7. The lowest BCUT2D eigenvalue weighted by molar-refractivity contribution is -0.0529. The molecule has 2 heterocycles. The van der Waals surface area contributed by atoms with Gasteiger partial charge in [0.15, 0.2) is 0 Å². The highest BCUT2D eigenvalue weighted by Gasteiger charge is 2.26. The van der Waals surface area contributed by atoms with Crippen LogP contribution in [0.1, 0.15) is 10.4 Å². The van der Waals surface area contributed by atoms with Crippen molar-refractivity contribution in [2.75, 3.05) is 19.5 Å². The quantitative estimate of drug-likeness (QED) is 0.613. The van der Waals surface area contributed by atoms with Gasteiger partial charge in [-0.1, -0.05) is 0 Å². The number of halogens is 2. The summed E-state index contributed by atoms with van der Waals surface area (Å²) < 4.78 is 64.2. The van der Waals surface area contributed by atoms with Gasteiger partial charge in [0.1, 0.15) is 4.90 Å². The molecule has 152 valence electrons. The van der Waals surface area contributed by atoms with Gasteiger partial charge in [-0.3, -0.25) is 5.32 Å². The fourth-order valence-corrected chi connectivity index (χ4v) is 4.04. The van der Waals surface area contributed by atoms with E-state index in [2.05, 4.69) is 19.4 Å². The molecular weight excluding hydrogens is 426 g/mol. The van der Waals surface area contributed by atoms with Crippen LogP contribution in [0, 0.1) is 0 Å². The van der Waals surface area contributed by atoms with Gasteiger partial charge in [-0.2, -0.15) is 30.1 Å².